The van der Waals surface area contributed by atoms with Crippen molar-refractivity contribution in [1.29, 1.82) is 0 Å². The third-order valence-electron chi connectivity index (χ3n) is 4.12. The lowest BCUT2D eigenvalue weighted by Crippen LogP contribution is -2.18. The quantitative estimate of drug-likeness (QED) is 0.744. The van der Waals surface area contributed by atoms with E-state index < -0.39 is 13.2 Å². The van der Waals surface area contributed by atoms with Gasteiger partial charge >= 0.3 is 0 Å². The van der Waals surface area contributed by atoms with Crippen LogP contribution in [0.4, 0.5) is 11.4 Å². The van der Waals surface area contributed by atoms with Crippen LogP contribution in [0.1, 0.15) is 25.3 Å². The van der Waals surface area contributed by atoms with Gasteiger partial charge in [0.25, 0.3) is 7.37 Å². The van der Waals surface area contributed by atoms with Crippen LogP contribution in [-0.4, -0.2) is 39.4 Å². The molecule has 6 heteroatoms. The largest absolute Gasteiger partial charge is 0.378 e. The molecule has 2 aromatic carbocycles. The van der Waals surface area contributed by atoms with Crippen LogP contribution in [0.25, 0.3) is 0 Å². The van der Waals surface area contributed by atoms with Crippen molar-refractivity contribution in [2.75, 3.05) is 38.0 Å². The lowest BCUT2D eigenvalue weighted by molar-refractivity contribution is 0.189. The van der Waals surface area contributed by atoms with Crippen LogP contribution in [0.5, 0.6) is 0 Å². The van der Waals surface area contributed by atoms with Gasteiger partial charge in [0.1, 0.15) is 0 Å². The van der Waals surface area contributed by atoms with E-state index in [4.69, 9.17) is 4.52 Å². The normalized spacial score (nSPS) is 14.8. The van der Waals surface area contributed by atoms with Crippen LogP contribution in [-0.2, 0) is 9.09 Å². The minimum absolute atomic E-state index is 0.273. The van der Waals surface area contributed by atoms with E-state index in [0.717, 1.165) is 11.4 Å². The highest BCUT2D eigenvalue weighted by Gasteiger charge is 2.37. The predicted molar refractivity (Wildman–Crippen MR) is 110 cm³/mol. The van der Waals surface area contributed by atoms with Gasteiger partial charge in [-0.15, -0.1) is 0 Å². The lowest BCUT2D eigenvalue weighted by atomic mass is 10.2. The molecule has 0 aliphatic carbocycles. The van der Waals surface area contributed by atoms with Crippen molar-refractivity contribution < 1.29 is 14.2 Å². The van der Waals surface area contributed by atoms with Crippen LogP contribution in [0, 0.1) is 0 Å². The number of benzene rings is 2. The number of hydrogen-bond acceptors (Lipinski definition) is 5. The van der Waals surface area contributed by atoms with E-state index in [1.807, 2.05) is 76.1 Å². The van der Waals surface area contributed by atoms with Gasteiger partial charge in [-0.3, -0.25) is 4.57 Å². The molecule has 5 nitrogen and oxygen atoms in total. The fourth-order valence-corrected chi connectivity index (χ4v) is 4.95. The number of nitrogens with zero attached hydrogens (tertiary/aromatic N) is 2. The minimum Gasteiger partial charge on any atom is -0.378 e. The van der Waals surface area contributed by atoms with E-state index >= 15 is 0 Å². The van der Waals surface area contributed by atoms with Gasteiger partial charge in [-0.1, -0.05) is 12.1 Å². The van der Waals surface area contributed by atoms with Crippen LogP contribution in [0.3, 0.4) is 0 Å². The molecule has 0 saturated carbocycles. The van der Waals surface area contributed by atoms with Gasteiger partial charge in [0.15, 0.2) is 5.85 Å². The van der Waals surface area contributed by atoms with Gasteiger partial charge < -0.3 is 19.4 Å². The van der Waals surface area contributed by atoms with Crippen LogP contribution in [0.2, 0.25) is 0 Å². The van der Waals surface area contributed by atoms with Crippen molar-refractivity contribution in [2.24, 2.45) is 0 Å². The molecule has 26 heavy (non-hydrogen) atoms. The van der Waals surface area contributed by atoms with Crippen LogP contribution >= 0.6 is 7.37 Å². The maximum atomic E-state index is 13.7. The first-order valence-electron chi connectivity index (χ1n) is 8.66. The van der Waals surface area contributed by atoms with Crippen LogP contribution in [0.15, 0.2) is 48.5 Å². The number of anilines is 2. The monoisotopic (exact) mass is 376 g/mol. The summed E-state index contributed by atoms with van der Waals surface area (Å²) in [6.07, 6.45) is -0.273. The standard InChI is InChI=1S/C20H29N2O3P/c1-15(2)25-26(24,19-13-11-18(12-14-19)22(5)6)20(23)16-7-9-17(10-8-16)21(3)4/h7-15,20,23H,1-6H3/t20-,26-/m0/s1. The second-order valence-electron chi connectivity index (χ2n) is 7.02. The average Bonchev–Trinajstić information content (AvgIpc) is 2.60. The molecule has 2 atom stereocenters. The van der Waals surface area contributed by atoms with E-state index in [2.05, 4.69) is 0 Å². The van der Waals surface area contributed by atoms with Crippen molar-refractivity contribution >= 4 is 24.0 Å². The van der Waals surface area contributed by atoms with Crippen molar-refractivity contribution in [3.63, 3.8) is 0 Å². The Morgan fingerprint density at radius 3 is 1.65 bits per heavy atom. The first-order chi connectivity index (χ1) is 12.1. The molecule has 142 valence electrons. The Hall–Kier alpha value is -1.81. The summed E-state index contributed by atoms with van der Waals surface area (Å²) in [5, 5.41) is 11.5. The smallest absolute Gasteiger partial charge is 0.264 e. The van der Waals surface area contributed by atoms with Gasteiger partial charge in [0, 0.05) is 44.9 Å². The molecule has 2 rings (SSSR count). The topological polar surface area (TPSA) is 53.0 Å². The van der Waals surface area contributed by atoms with Gasteiger partial charge in [-0.25, -0.2) is 0 Å². The second kappa shape index (κ2) is 8.26. The molecule has 1 N–H and O–H groups in total. The number of aliphatic hydroxyl groups excluding tert-OH is 1. The molecule has 0 aliphatic heterocycles. The Morgan fingerprint density at radius 1 is 0.846 bits per heavy atom. The fraction of sp³-hybridized carbons (Fsp3) is 0.400. The van der Waals surface area contributed by atoms with Crippen molar-refractivity contribution in [2.45, 2.75) is 25.8 Å². The molecular weight excluding hydrogens is 347 g/mol. The summed E-state index contributed by atoms with van der Waals surface area (Å²) in [5.74, 6) is -1.22. The Bertz CT molecular complexity index is 756. The summed E-state index contributed by atoms with van der Waals surface area (Å²) in [6, 6.07) is 14.7. The van der Waals surface area contributed by atoms with E-state index in [-0.39, 0.29) is 6.10 Å². The Labute approximate surface area is 156 Å². The summed E-state index contributed by atoms with van der Waals surface area (Å²) in [6.45, 7) is 3.64. The van der Waals surface area contributed by atoms with E-state index in [1.54, 1.807) is 24.3 Å². The van der Waals surface area contributed by atoms with Gasteiger partial charge in [-0.05, 0) is 55.8 Å². The molecule has 0 saturated heterocycles. The predicted octanol–water partition coefficient (Wildman–Crippen LogP) is 3.84. The summed E-state index contributed by atoms with van der Waals surface area (Å²) < 4.78 is 19.5. The molecule has 0 spiro atoms. The zero-order chi connectivity index (χ0) is 19.5. The second-order valence-corrected chi connectivity index (χ2v) is 9.43. The fourth-order valence-electron chi connectivity index (χ4n) is 2.67. The highest BCUT2D eigenvalue weighted by atomic mass is 31.2. The van der Waals surface area contributed by atoms with Crippen molar-refractivity contribution in [1.82, 2.24) is 0 Å². The highest BCUT2D eigenvalue weighted by molar-refractivity contribution is 7.67. The summed E-state index contributed by atoms with van der Waals surface area (Å²) in [7, 11) is 4.28. The highest BCUT2D eigenvalue weighted by Crippen LogP contribution is 2.58. The molecule has 0 amide bonds. The molecule has 0 bridgehead atoms. The van der Waals surface area contributed by atoms with Gasteiger partial charge in [-0.2, -0.15) is 0 Å². The van der Waals surface area contributed by atoms with Gasteiger partial charge in [0.05, 0.1) is 6.10 Å². The molecule has 0 aliphatic rings. The Kier molecular flexibility index (Phi) is 6.51. The van der Waals surface area contributed by atoms with E-state index in [1.165, 1.54) is 0 Å². The summed E-state index contributed by atoms with van der Waals surface area (Å²) in [4.78, 5) is 3.94. The van der Waals surface area contributed by atoms with E-state index in [9.17, 15) is 9.67 Å². The third kappa shape index (κ3) is 4.47. The van der Waals surface area contributed by atoms with Crippen molar-refractivity contribution in [3.05, 3.63) is 54.1 Å². The Morgan fingerprint density at radius 2 is 1.27 bits per heavy atom. The maximum absolute atomic E-state index is 13.7. The minimum atomic E-state index is -3.51. The summed E-state index contributed by atoms with van der Waals surface area (Å²) in [5.41, 5.74) is 2.59. The molecule has 0 fully saturated rings. The van der Waals surface area contributed by atoms with Gasteiger partial charge in [0.2, 0.25) is 0 Å². The van der Waals surface area contributed by atoms with Crippen molar-refractivity contribution in [3.8, 4) is 0 Å². The molecule has 0 unspecified atom stereocenters. The lowest BCUT2D eigenvalue weighted by Gasteiger charge is -2.27. The number of rotatable bonds is 7. The molecule has 0 heterocycles. The first kappa shape index (κ1) is 20.5. The van der Waals surface area contributed by atoms with Crippen LogP contribution < -0.4 is 15.1 Å². The molecular formula is C20H29N2O3P. The first-order valence-corrected chi connectivity index (χ1v) is 10.4. The van der Waals surface area contributed by atoms with E-state index in [0.29, 0.717) is 10.9 Å². The third-order valence-corrected chi connectivity index (χ3v) is 6.82. The molecule has 2 aromatic rings. The zero-order valence-corrected chi connectivity index (χ0v) is 17.3. The molecule has 0 aromatic heterocycles. The zero-order valence-electron chi connectivity index (χ0n) is 16.4. The molecule has 0 radical (unpaired) electrons. The Balaban J connectivity index is 2.42. The average molecular weight is 376 g/mol. The number of aliphatic hydroxyl groups is 1. The SMILES string of the molecule is CC(C)O[P@@](=O)(c1ccc(N(C)C)cc1)[C@H](O)c1ccc(N(C)C)cc1. The summed E-state index contributed by atoms with van der Waals surface area (Å²) >= 11 is 0. The maximum Gasteiger partial charge on any atom is 0.264 e. The number of hydrogen-bond donors (Lipinski definition) is 1.